The van der Waals surface area contributed by atoms with Gasteiger partial charge in [-0.1, -0.05) is 17.7 Å². The minimum absolute atomic E-state index is 0.0463. The average molecular weight is 341 g/mol. The zero-order valence-corrected chi connectivity index (χ0v) is 14.5. The van der Waals surface area contributed by atoms with E-state index in [0.717, 1.165) is 17.0 Å². The van der Waals surface area contributed by atoms with Crippen LogP contribution in [0.15, 0.2) is 48.5 Å². The molecule has 0 atom stereocenters. The van der Waals surface area contributed by atoms with Gasteiger partial charge in [0.15, 0.2) is 0 Å². The fourth-order valence-corrected chi connectivity index (χ4v) is 2.23. The van der Waals surface area contributed by atoms with Crippen LogP contribution in [0.3, 0.4) is 0 Å². The van der Waals surface area contributed by atoms with Crippen LogP contribution in [0.25, 0.3) is 0 Å². The van der Waals surface area contributed by atoms with Gasteiger partial charge >= 0.3 is 0 Å². The molecule has 0 aliphatic heterocycles. The molecular weight excluding hydrogens is 318 g/mol. The number of nitrogens with one attached hydrogen (secondary N) is 3. The molecule has 0 unspecified atom stereocenters. The molecule has 132 valence electrons. The first-order chi connectivity index (χ1) is 12.1. The number of aryl methyl sites for hydroxylation is 1. The highest BCUT2D eigenvalue weighted by molar-refractivity contribution is 5.96. The molecule has 0 fully saturated rings. The van der Waals surface area contributed by atoms with Crippen molar-refractivity contribution >= 4 is 17.5 Å². The molecule has 6 nitrogen and oxygen atoms in total. The van der Waals surface area contributed by atoms with E-state index in [4.69, 9.17) is 4.74 Å². The Balaban J connectivity index is 1.64. The summed E-state index contributed by atoms with van der Waals surface area (Å²) in [6, 6.07) is 14.8. The molecule has 2 amide bonds. The Labute approximate surface area is 147 Å². The van der Waals surface area contributed by atoms with E-state index in [9.17, 15) is 9.59 Å². The summed E-state index contributed by atoms with van der Waals surface area (Å²) in [6.45, 7) is 2.92. The Hall–Kier alpha value is -3.02. The zero-order valence-electron chi connectivity index (χ0n) is 14.5. The Morgan fingerprint density at radius 1 is 1.00 bits per heavy atom. The van der Waals surface area contributed by atoms with Crippen LogP contribution in [0.1, 0.15) is 15.9 Å². The van der Waals surface area contributed by atoms with Gasteiger partial charge in [0.1, 0.15) is 5.75 Å². The lowest BCUT2D eigenvalue weighted by molar-refractivity contribution is -0.120. The number of benzene rings is 2. The molecular formula is C19H23N3O3. The SMILES string of the molecule is COc1ccc(NCCNC(=O)CNC(=O)c2cccc(C)c2)cc1. The van der Waals surface area contributed by atoms with Crippen LogP contribution in [-0.4, -0.2) is 38.6 Å². The van der Waals surface area contributed by atoms with Crippen LogP contribution in [-0.2, 0) is 4.79 Å². The highest BCUT2D eigenvalue weighted by atomic mass is 16.5. The number of ether oxygens (including phenoxy) is 1. The van der Waals surface area contributed by atoms with E-state index in [1.54, 1.807) is 19.2 Å². The minimum atomic E-state index is -0.254. The van der Waals surface area contributed by atoms with Crippen LogP contribution < -0.4 is 20.7 Å². The quantitative estimate of drug-likeness (QED) is 0.641. The van der Waals surface area contributed by atoms with Gasteiger partial charge in [-0.3, -0.25) is 9.59 Å². The summed E-state index contributed by atoms with van der Waals surface area (Å²) in [6.07, 6.45) is 0. The molecule has 0 bridgehead atoms. The molecule has 0 saturated carbocycles. The number of hydrogen-bond donors (Lipinski definition) is 3. The van der Waals surface area contributed by atoms with Crippen molar-refractivity contribution in [2.24, 2.45) is 0 Å². The molecule has 2 rings (SSSR count). The van der Waals surface area contributed by atoms with E-state index in [2.05, 4.69) is 16.0 Å². The lowest BCUT2D eigenvalue weighted by Gasteiger charge is -2.09. The predicted molar refractivity (Wildman–Crippen MR) is 98.0 cm³/mol. The van der Waals surface area contributed by atoms with Crippen molar-refractivity contribution in [2.75, 3.05) is 32.1 Å². The Morgan fingerprint density at radius 2 is 1.76 bits per heavy atom. The molecule has 0 aromatic heterocycles. The first-order valence-corrected chi connectivity index (χ1v) is 8.08. The second-order valence-corrected chi connectivity index (χ2v) is 5.56. The molecule has 0 aliphatic rings. The van der Waals surface area contributed by atoms with Crippen molar-refractivity contribution in [1.82, 2.24) is 10.6 Å². The normalized spacial score (nSPS) is 10.0. The van der Waals surface area contributed by atoms with E-state index < -0.39 is 0 Å². The largest absolute Gasteiger partial charge is 0.497 e. The van der Waals surface area contributed by atoms with Crippen LogP contribution in [0.2, 0.25) is 0 Å². The van der Waals surface area contributed by atoms with E-state index in [-0.39, 0.29) is 18.4 Å². The van der Waals surface area contributed by atoms with Gasteiger partial charge in [-0.15, -0.1) is 0 Å². The number of methoxy groups -OCH3 is 1. The summed E-state index contributed by atoms with van der Waals surface area (Å²) in [5.74, 6) is 0.316. The van der Waals surface area contributed by atoms with Gasteiger partial charge in [-0.05, 0) is 43.3 Å². The Kier molecular flexibility index (Phi) is 6.83. The fraction of sp³-hybridized carbons (Fsp3) is 0.263. The molecule has 0 saturated heterocycles. The maximum Gasteiger partial charge on any atom is 0.251 e. The van der Waals surface area contributed by atoms with E-state index in [1.165, 1.54) is 0 Å². The van der Waals surface area contributed by atoms with Gasteiger partial charge in [0.2, 0.25) is 5.91 Å². The zero-order chi connectivity index (χ0) is 18.1. The fourth-order valence-electron chi connectivity index (χ4n) is 2.23. The number of carbonyl (C=O) groups is 2. The second kappa shape index (κ2) is 9.32. The summed E-state index contributed by atoms with van der Waals surface area (Å²) < 4.78 is 5.09. The Bertz CT molecular complexity index is 714. The van der Waals surface area contributed by atoms with Crippen LogP contribution in [0, 0.1) is 6.92 Å². The molecule has 6 heteroatoms. The average Bonchev–Trinajstić information content (AvgIpc) is 2.63. The van der Waals surface area contributed by atoms with Crippen molar-refractivity contribution in [1.29, 1.82) is 0 Å². The summed E-state index contributed by atoms with van der Waals surface area (Å²) in [4.78, 5) is 23.7. The lowest BCUT2D eigenvalue weighted by atomic mass is 10.1. The molecule has 0 heterocycles. The first-order valence-electron chi connectivity index (χ1n) is 8.08. The van der Waals surface area contributed by atoms with Crippen molar-refractivity contribution in [3.05, 3.63) is 59.7 Å². The summed E-state index contributed by atoms with van der Waals surface area (Å²) in [5, 5.41) is 8.56. The number of amides is 2. The van der Waals surface area contributed by atoms with Gasteiger partial charge in [0.25, 0.3) is 5.91 Å². The number of rotatable bonds is 8. The predicted octanol–water partition coefficient (Wildman–Crippen LogP) is 1.96. The van der Waals surface area contributed by atoms with E-state index in [1.807, 2.05) is 43.3 Å². The minimum Gasteiger partial charge on any atom is -0.497 e. The van der Waals surface area contributed by atoms with E-state index in [0.29, 0.717) is 18.7 Å². The molecule has 2 aromatic carbocycles. The first kappa shape index (κ1) is 18.3. The van der Waals surface area contributed by atoms with Crippen molar-refractivity contribution in [2.45, 2.75) is 6.92 Å². The van der Waals surface area contributed by atoms with E-state index >= 15 is 0 Å². The summed E-state index contributed by atoms with van der Waals surface area (Å²) in [5.41, 5.74) is 2.50. The maximum absolute atomic E-state index is 12.0. The van der Waals surface area contributed by atoms with Gasteiger partial charge in [-0.2, -0.15) is 0 Å². The maximum atomic E-state index is 12.0. The van der Waals surface area contributed by atoms with Gasteiger partial charge in [0, 0.05) is 24.3 Å². The van der Waals surface area contributed by atoms with Crippen LogP contribution in [0.4, 0.5) is 5.69 Å². The van der Waals surface area contributed by atoms with Crippen molar-refractivity contribution < 1.29 is 14.3 Å². The highest BCUT2D eigenvalue weighted by Gasteiger charge is 2.07. The number of hydrogen-bond acceptors (Lipinski definition) is 4. The molecule has 0 spiro atoms. The van der Waals surface area contributed by atoms with Crippen LogP contribution in [0.5, 0.6) is 5.75 Å². The van der Waals surface area contributed by atoms with Crippen LogP contribution >= 0.6 is 0 Å². The highest BCUT2D eigenvalue weighted by Crippen LogP contribution is 2.14. The Morgan fingerprint density at radius 3 is 2.44 bits per heavy atom. The second-order valence-electron chi connectivity index (χ2n) is 5.56. The monoisotopic (exact) mass is 341 g/mol. The molecule has 25 heavy (non-hydrogen) atoms. The molecule has 2 aromatic rings. The van der Waals surface area contributed by atoms with Crippen molar-refractivity contribution in [3.8, 4) is 5.75 Å². The third-order valence-electron chi connectivity index (χ3n) is 3.56. The standard InChI is InChI=1S/C19H23N3O3/c1-14-4-3-5-15(12-14)19(24)22-13-18(23)21-11-10-20-16-6-8-17(25-2)9-7-16/h3-9,12,20H,10-11,13H2,1-2H3,(H,21,23)(H,22,24). The smallest absolute Gasteiger partial charge is 0.251 e. The van der Waals surface area contributed by atoms with Gasteiger partial charge in [-0.25, -0.2) is 0 Å². The molecule has 0 aliphatic carbocycles. The van der Waals surface area contributed by atoms with Gasteiger partial charge < -0.3 is 20.7 Å². The van der Waals surface area contributed by atoms with Crippen molar-refractivity contribution in [3.63, 3.8) is 0 Å². The number of carbonyl (C=O) groups excluding carboxylic acids is 2. The number of anilines is 1. The lowest BCUT2D eigenvalue weighted by Crippen LogP contribution is -2.38. The molecule has 0 radical (unpaired) electrons. The van der Waals surface area contributed by atoms with Gasteiger partial charge in [0.05, 0.1) is 13.7 Å². The summed E-state index contributed by atoms with van der Waals surface area (Å²) >= 11 is 0. The third kappa shape index (κ3) is 6.18. The third-order valence-corrected chi connectivity index (χ3v) is 3.56. The summed E-state index contributed by atoms with van der Waals surface area (Å²) in [7, 11) is 1.62. The molecule has 3 N–H and O–H groups in total. The topological polar surface area (TPSA) is 79.5 Å².